The summed E-state index contributed by atoms with van der Waals surface area (Å²) in [5.41, 5.74) is 5.96. The zero-order chi connectivity index (χ0) is 17.6. The first-order chi connectivity index (χ1) is 11.3. The SMILES string of the molecule is CC(N)C[C@@H]1C[C@H](SC2=C(C(=O)O)N3C(=O)[C@H]([C@@H](C)O)[C@H]3C2)CN1. The molecule has 0 bridgehead atoms. The van der Waals surface area contributed by atoms with Crippen LogP contribution in [0.4, 0.5) is 0 Å². The van der Waals surface area contributed by atoms with Crippen LogP contribution >= 0.6 is 11.8 Å². The minimum Gasteiger partial charge on any atom is -0.477 e. The number of carboxylic acid groups (broad SMARTS) is 1. The van der Waals surface area contributed by atoms with Crippen molar-refractivity contribution in [2.24, 2.45) is 11.7 Å². The molecule has 134 valence electrons. The number of thioether (sulfide) groups is 1. The maximum atomic E-state index is 12.2. The lowest BCUT2D eigenvalue weighted by Gasteiger charge is -2.44. The lowest BCUT2D eigenvalue weighted by atomic mass is 9.83. The van der Waals surface area contributed by atoms with Gasteiger partial charge in [0.15, 0.2) is 0 Å². The van der Waals surface area contributed by atoms with E-state index < -0.39 is 18.0 Å². The van der Waals surface area contributed by atoms with Crippen LogP contribution in [0.3, 0.4) is 0 Å². The van der Waals surface area contributed by atoms with Gasteiger partial charge in [0.25, 0.3) is 0 Å². The molecular formula is C16H25N3O4S. The highest BCUT2D eigenvalue weighted by Crippen LogP contribution is 2.48. The number of hydrogen-bond acceptors (Lipinski definition) is 6. The number of amides is 1. The number of rotatable bonds is 6. The second-order valence-electron chi connectivity index (χ2n) is 7.12. The van der Waals surface area contributed by atoms with Crippen molar-refractivity contribution in [3.8, 4) is 0 Å². The van der Waals surface area contributed by atoms with Gasteiger partial charge in [0.05, 0.1) is 18.1 Å². The van der Waals surface area contributed by atoms with E-state index in [4.69, 9.17) is 5.73 Å². The molecule has 0 aromatic carbocycles. The number of carbonyl (C=O) groups is 2. The van der Waals surface area contributed by atoms with Crippen LogP contribution in [0.5, 0.6) is 0 Å². The normalized spacial score (nSPS) is 35.0. The zero-order valence-electron chi connectivity index (χ0n) is 13.9. The van der Waals surface area contributed by atoms with E-state index in [0.29, 0.717) is 12.5 Å². The van der Waals surface area contributed by atoms with Gasteiger partial charge >= 0.3 is 5.97 Å². The molecule has 0 saturated carbocycles. The fraction of sp³-hybridized carbons (Fsp3) is 0.750. The first-order valence-electron chi connectivity index (χ1n) is 8.42. The summed E-state index contributed by atoms with van der Waals surface area (Å²) >= 11 is 1.57. The third kappa shape index (κ3) is 3.08. The summed E-state index contributed by atoms with van der Waals surface area (Å²) in [6, 6.07) is 0.292. The van der Waals surface area contributed by atoms with E-state index in [9.17, 15) is 19.8 Å². The Labute approximate surface area is 145 Å². The van der Waals surface area contributed by atoms with Crippen LogP contribution in [-0.4, -0.2) is 63.0 Å². The third-order valence-electron chi connectivity index (χ3n) is 5.04. The molecule has 8 heteroatoms. The summed E-state index contributed by atoms with van der Waals surface area (Å²) in [5, 5.41) is 23.0. The Morgan fingerprint density at radius 2 is 2.21 bits per heavy atom. The molecule has 7 nitrogen and oxygen atoms in total. The van der Waals surface area contributed by atoms with E-state index in [1.807, 2.05) is 6.92 Å². The molecule has 0 radical (unpaired) electrons. The standard InChI is InChI=1S/C16H25N3O4S/c1-7(17)3-9-4-10(6-18-9)24-12-5-11-13(8(2)20)15(21)19(11)14(12)16(22)23/h7-11,13,18,20H,3-6,17H2,1-2H3,(H,22,23)/t7?,8-,9-,10+,11-,13-/m1/s1. The molecule has 0 aromatic heterocycles. The van der Waals surface area contributed by atoms with E-state index >= 15 is 0 Å². The second-order valence-corrected chi connectivity index (χ2v) is 8.51. The number of nitrogens with one attached hydrogen (secondary N) is 1. The van der Waals surface area contributed by atoms with Gasteiger partial charge in [-0.15, -0.1) is 11.8 Å². The van der Waals surface area contributed by atoms with Gasteiger partial charge in [-0.1, -0.05) is 0 Å². The lowest BCUT2D eigenvalue weighted by molar-refractivity contribution is -0.161. The fourth-order valence-electron chi connectivity index (χ4n) is 4.04. The highest BCUT2D eigenvalue weighted by molar-refractivity contribution is 8.03. The maximum Gasteiger partial charge on any atom is 0.353 e. The third-order valence-corrected chi connectivity index (χ3v) is 6.37. The molecule has 0 aliphatic carbocycles. The molecule has 0 spiro atoms. The van der Waals surface area contributed by atoms with Crippen molar-refractivity contribution in [2.45, 2.75) is 62.6 Å². The van der Waals surface area contributed by atoms with Gasteiger partial charge in [0, 0.05) is 35.2 Å². The average Bonchev–Trinajstić information content (AvgIpc) is 3.01. The molecule has 2 fully saturated rings. The van der Waals surface area contributed by atoms with Crippen molar-refractivity contribution >= 4 is 23.6 Å². The zero-order valence-corrected chi connectivity index (χ0v) is 14.8. The van der Waals surface area contributed by atoms with Crippen molar-refractivity contribution in [1.82, 2.24) is 10.2 Å². The summed E-state index contributed by atoms with van der Waals surface area (Å²) < 4.78 is 0. The number of carbonyl (C=O) groups excluding carboxylic acids is 1. The summed E-state index contributed by atoms with van der Waals surface area (Å²) in [4.78, 5) is 26.0. The Morgan fingerprint density at radius 3 is 2.79 bits per heavy atom. The number of nitrogens with zero attached hydrogens (tertiary/aromatic N) is 1. The second kappa shape index (κ2) is 6.67. The number of aliphatic hydroxyl groups excluding tert-OH is 1. The Morgan fingerprint density at radius 1 is 1.50 bits per heavy atom. The minimum absolute atomic E-state index is 0.113. The molecule has 0 aromatic rings. The molecule has 5 N–H and O–H groups in total. The monoisotopic (exact) mass is 355 g/mol. The van der Waals surface area contributed by atoms with Gasteiger partial charge in [-0.3, -0.25) is 4.79 Å². The molecule has 1 amide bonds. The quantitative estimate of drug-likeness (QED) is 0.499. The number of aliphatic carboxylic acids is 1. The van der Waals surface area contributed by atoms with Gasteiger partial charge < -0.3 is 26.2 Å². The van der Waals surface area contributed by atoms with Gasteiger partial charge in [0.1, 0.15) is 5.70 Å². The molecule has 3 heterocycles. The highest BCUT2D eigenvalue weighted by Gasteiger charge is 2.57. The van der Waals surface area contributed by atoms with Gasteiger partial charge in [-0.05, 0) is 26.7 Å². The molecule has 3 rings (SSSR count). The van der Waals surface area contributed by atoms with E-state index in [1.165, 1.54) is 4.90 Å². The van der Waals surface area contributed by atoms with E-state index in [-0.39, 0.29) is 28.9 Å². The molecular weight excluding hydrogens is 330 g/mol. The van der Waals surface area contributed by atoms with Crippen LogP contribution in [0.2, 0.25) is 0 Å². The first-order valence-corrected chi connectivity index (χ1v) is 9.30. The summed E-state index contributed by atoms with van der Waals surface area (Å²) in [5.74, 6) is -1.82. The van der Waals surface area contributed by atoms with Crippen molar-refractivity contribution in [1.29, 1.82) is 0 Å². The summed E-state index contributed by atoms with van der Waals surface area (Å²) in [6.07, 6.45) is 1.63. The molecule has 24 heavy (non-hydrogen) atoms. The van der Waals surface area contributed by atoms with Crippen LogP contribution in [0.25, 0.3) is 0 Å². The number of fused-ring (bicyclic) bond motifs is 1. The average molecular weight is 355 g/mol. The number of nitrogens with two attached hydrogens (primary N) is 1. The Balaban J connectivity index is 1.69. The number of β-lactam (4-membered cyclic amide) rings is 1. The van der Waals surface area contributed by atoms with E-state index in [2.05, 4.69) is 5.32 Å². The lowest BCUT2D eigenvalue weighted by Crippen LogP contribution is -2.61. The van der Waals surface area contributed by atoms with Crippen LogP contribution < -0.4 is 11.1 Å². The molecule has 6 atom stereocenters. The maximum absolute atomic E-state index is 12.2. The number of aliphatic hydroxyl groups is 1. The molecule has 3 aliphatic heterocycles. The van der Waals surface area contributed by atoms with Gasteiger partial charge in [-0.2, -0.15) is 0 Å². The van der Waals surface area contributed by atoms with E-state index in [0.717, 1.165) is 24.3 Å². The number of carboxylic acids is 1. The van der Waals surface area contributed by atoms with E-state index in [1.54, 1.807) is 18.7 Å². The fourth-order valence-corrected chi connectivity index (χ4v) is 5.51. The minimum atomic E-state index is -1.06. The molecule has 2 saturated heterocycles. The van der Waals surface area contributed by atoms with Crippen LogP contribution in [-0.2, 0) is 9.59 Å². The Bertz CT molecular complexity index is 578. The Kier molecular flexibility index (Phi) is 4.92. The summed E-state index contributed by atoms with van der Waals surface area (Å²) in [6.45, 7) is 4.39. The van der Waals surface area contributed by atoms with Crippen LogP contribution in [0, 0.1) is 5.92 Å². The molecule has 3 aliphatic rings. The van der Waals surface area contributed by atoms with Crippen molar-refractivity contribution in [3.63, 3.8) is 0 Å². The van der Waals surface area contributed by atoms with Crippen molar-refractivity contribution in [3.05, 3.63) is 10.6 Å². The van der Waals surface area contributed by atoms with Crippen LogP contribution in [0.1, 0.15) is 33.1 Å². The van der Waals surface area contributed by atoms with Gasteiger partial charge in [-0.25, -0.2) is 4.79 Å². The molecule has 1 unspecified atom stereocenters. The smallest absolute Gasteiger partial charge is 0.353 e. The van der Waals surface area contributed by atoms with Crippen molar-refractivity contribution in [2.75, 3.05) is 6.54 Å². The van der Waals surface area contributed by atoms with Crippen LogP contribution in [0.15, 0.2) is 10.6 Å². The predicted octanol–water partition coefficient (Wildman–Crippen LogP) is 0.0951. The Hall–Kier alpha value is -1.09. The van der Waals surface area contributed by atoms with Gasteiger partial charge in [0.2, 0.25) is 5.91 Å². The predicted molar refractivity (Wildman–Crippen MR) is 91.1 cm³/mol. The largest absolute Gasteiger partial charge is 0.477 e. The number of hydrogen-bond donors (Lipinski definition) is 4. The highest BCUT2D eigenvalue weighted by atomic mass is 32.2. The summed E-state index contributed by atoms with van der Waals surface area (Å²) in [7, 11) is 0. The van der Waals surface area contributed by atoms with Crippen molar-refractivity contribution < 1.29 is 19.8 Å². The first kappa shape index (κ1) is 17.7. The topological polar surface area (TPSA) is 116 Å².